The number of aromatic nitrogens is 2. The first-order chi connectivity index (χ1) is 13.0. The highest BCUT2D eigenvalue weighted by Gasteiger charge is 2.09. The van der Waals surface area contributed by atoms with Gasteiger partial charge in [-0.3, -0.25) is 4.79 Å². The van der Waals surface area contributed by atoms with E-state index in [9.17, 15) is 4.79 Å². The van der Waals surface area contributed by atoms with E-state index in [-0.39, 0.29) is 5.91 Å². The number of nitrogens with zero attached hydrogens (tertiary/aromatic N) is 2. The third-order valence-corrected chi connectivity index (χ3v) is 4.34. The summed E-state index contributed by atoms with van der Waals surface area (Å²) < 4.78 is 0. The smallest absolute Gasteiger partial charge is 0.270 e. The van der Waals surface area contributed by atoms with E-state index in [4.69, 9.17) is 11.6 Å². The van der Waals surface area contributed by atoms with Gasteiger partial charge in [-0.15, -0.1) is 0 Å². The molecule has 0 aliphatic carbocycles. The minimum atomic E-state index is -0.259. The Morgan fingerprint density at radius 1 is 1.04 bits per heavy atom. The average molecular weight is 381 g/mol. The number of benzene rings is 2. The van der Waals surface area contributed by atoms with Crippen molar-refractivity contribution < 1.29 is 4.79 Å². The molecule has 1 amide bonds. The zero-order valence-corrected chi connectivity index (χ0v) is 16.0. The van der Waals surface area contributed by atoms with E-state index in [1.54, 1.807) is 24.4 Å². The molecule has 5 nitrogen and oxygen atoms in total. The van der Waals surface area contributed by atoms with Crippen molar-refractivity contribution in [1.29, 1.82) is 0 Å². The minimum absolute atomic E-state index is 0.259. The van der Waals surface area contributed by atoms with Crippen LogP contribution in [0.3, 0.4) is 0 Å². The molecule has 2 N–H and O–H groups in total. The first kappa shape index (κ1) is 18.9. The molecule has 0 saturated heterocycles. The van der Waals surface area contributed by atoms with Crippen molar-refractivity contribution in [2.75, 3.05) is 5.32 Å². The van der Waals surface area contributed by atoms with E-state index in [1.807, 2.05) is 24.3 Å². The first-order valence-corrected chi connectivity index (χ1v) is 9.12. The summed E-state index contributed by atoms with van der Waals surface area (Å²) in [6.45, 7) is 4.70. The van der Waals surface area contributed by atoms with E-state index in [1.165, 1.54) is 5.56 Å². The quantitative estimate of drug-likeness (QED) is 0.636. The van der Waals surface area contributed by atoms with Crippen LogP contribution in [0.25, 0.3) is 0 Å². The number of carbonyl (C=O) groups is 1. The molecule has 0 aliphatic heterocycles. The summed E-state index contributed by atoms with van der Waals surface area (Å²) in [6, 6.07) is 17.0. The summed E-state index contributed by atoms with van der Waals surface area (Å²) in [6.07, 6.45) is 1.56. The lowest BCUT2D eigenvalue weighted by molar-refractivity contribution is 0.0946. The predicted octanol–water partition coefficient (Wildman–Crippen LogP) is 4.93. The molecule has 27 heavy (non-hydrogen) atoms. The topological polar surface area (TPSA) is 66.9 Å². The second-order valence-corrected chi connectivity index (χ2v) is 6.91. The zero-order valence-electron chi connectivity index (χ0n) is 15.2. The molecule has 1 aromatic heterocycles. The van der Waals surface area contributed by atoms with Crippen molar-refractivity contribution in [1.82, 2.24) is 15.3 Å². The normalized spacial score (nSPS) is 10.7. The van der Waals surface area contributed by atoms with Gasteiger partial charge in [-0.05, 0) is 47.4 Å². The molecule has 0 saturated carbocycles. The van der Waals surface area contributed by atoms with Gasteiger partial charge in [0, 0.05) is 23.5 Å². The lowest BCUT2D eigenvalue weighted by Crippen LogP contribution is -2.24. The molecular weight excluding hydrogens is 360 g/mol. The van der Waals surface area contributed by atoms with Crippen molar-refractivity contribution in [2.45, 2.75) is 26.3 Å². The third kappa shape index (κ3) is 5.28. The van der Waals surface area contributed by atoms with Gasteiger partial charge in [0.1, 0.15) is 5.69 Å². The summed E-state index contributed by atoms with van der Waals surface area (Å²) in [5, 5.41) is 6.64. The van der Waals surface area contributed by atoms with Crippen LogP contribution in [0.15, 0.2) is 60.8 Å². The molecule has 0 atom stereocenters. The van der Waals surface area contributed by atoms with Gasteiger partial charge in [0.25, 0.3) is 5.91 Å². The van der Waals surface area contributed by atoms with Gasteiger partial charge in [-0.2, -0.15) is 0 Å². The Hall–Kier alpha value is -2.92. The maximum atomic E-state index is 12.4. The van der Waals surface area contributed by atoms with Crippen LogP contribution in [0.4, 0.5) is 11.6 Å². The molecule has 0 unspecified atom stereocenters. The zero-order chi connectivity index (χ0) is 19.2. The van der Waals surface area contributed by atoms with Gasteiger partial charge in [0.05, 0.1) is 0 Å². The van der Waals surface area contributed by atoms with Gasteiger partial charge < -0.3 is 10.6 Å². The van der Waals surface area contributed by atoms with Crippen molar-refractivity contribution in [3.8, 4) is 0 Å². The second-order valence-electron chi connectivity index (χ2n) is 6.48. The Morgan fingerprint density at radius 2 is 1.74 bits per heavy atom. The molecular formula is C21H21ClN4O. The molecule has 3 aromatic rings. The summed E-state index contributed by atoms with van der Waals surface area (Å²) in [7, 11) is 0. The number of rotatable bonds is 6. The van der Waals surface area contributed by atoms with E-state index < -0.39 is 0 Å². The van der Waals surface area contributed by atoms with Gasteiger partial charge in [-0.25, -0.2) is 9.97 Å². The number of amides is 1. The minimum Gasteiger partial charge on any atom is -0.347 e. The fourth-order valence-corrected chi connectivity index (χ4v) is 2.63. The SMILES string of the molecule is CC(C)c1ccc(Nc2nccc(C(=O)NCc3ccc(Cl)cc3)n2)cc1. The molecule has 3 rings (SSSR count). The van der Waals surface area contributed by atoms with Gasteiger partial charge in [0.15, 0.2) is 0 Å². The Bertz CT molecular complexity index is 908. The molecule has 2 aromatic carbocycles. The summed E-state index contributed by atoms with van der Waals surface area (Å²) >= 11 is 5.87. The number of anilines is 2. The second kappa shape index (κ2) is 8.64. The van der Waals surface area contributed by atoms with E-state index in [0.29, 0.717) is 29.1 Å². The van der Waals surface area contributed by atoms with Gasteiger partial charge in [0.2, 0.25) is 5.95 Å². The van der Waals surface area contributed by atoms with Crippen LogP contribution in [0.1, 0.15) is 41.4 Å². The van der Waals surface area contributed by atoms with Crippen LogP contribution in [0, 0.1) is 0 Å². The largest absolute Gasteiger partial charge is 0.347 e. The van der Waals surface area contributed by atoms with Crippen LogP contribution in [-0.2, 0) is 6.54 Å². The van der Waals surface area contributed by atoms with Crippen LogP contribution in [-0.4, -0.2) is 15.9 Å². The summed E-state index contributed by atoms with van der Waals surface area (Å²) in [5.74, 6) is 0.597. The molecule has 0 spiro atoms. The highest BCUT2D eigenvalue weighted by atomic mass is 35.5. The van der Waals surface area contributed by atoms with Crippen LogP contribution in [0.2, 0.25) is 5.02 Å². The van der Waals surface area contributed by atoms with Crippen molar-refractivity contribution in [2.24, 2.45) is 0 Å². The number of hydrogen-bond donors (Lipinski definition) is 2. The average Bonchev–Trinajstić information content (AvgIpc) is 2.68. The lowest BCUT2D eigenvalue weighted by atomic mass is 10.0. The molecule has 6 heteroatoms. The monoisotopic (exact) mass is 380 g/mol. The Kier molecular flexibility index (Phi) is 6.04. The van der Waals surface area contributed by atoms with Gasteiger partial charge in [-0.1, -0.05) is 49.7 Å². The highest BCUT2D eigenvalue weighted by Crippen LogP contribution is 2.19. The summed E-state index contributed by atoms with van der Waals surface area (Å²) in [4.78, 5) is 20.8. The number of hydrogen-bond acceptors (Lipinski definition) is 4. The van der Waals surface area contributed by atoms with Crippen LogP contribution in [0.5, 0.6) is 0 Å². The van der Waals surface area contributed by atoms with Crippen LogP contribution >= 0.6 is 11.6 Å². The predicted molar refractivity (Wildman–Crippen MR) is 108 cm³/mol. The van der Waals surface area contributed by atoms with E-state index >= 15 is 0 Å². The molecule has 0 aliphatic rings. The fourth-order valence-electron chi connectivity index (χ4n) is 2.50. The number of halogens is 1. The molecule has 1 heterocycles. The Balaban J connectivity index is 1.63. The number of nitrogens with one attached hydrogen (secondary N) is 2. The molecule has 0 radical (unpaired) electrons. The van der Waals surface area contributed by atoms with E-state index in [2.05, 4.69) is 46.6 Å². The highest BCUT2D eigenvalue weighted by molar-refractivity contribution is 6.30. The Morgan fingerprint density at radius 3 is 2.41 bits per heavy atom. The van der Waals surface area contributed by atoms with E-state index in [0.717, 1.165) is 11.3 Å². The fraction of sp³-hybridized carbons (Fsp3) is 0.190. The van der Waals surface area contributed by atoms with Crippen molar-refractivity contribution in [3.63, 3.8) is 0 Å². The maximum absolute atomic E-state index is 12.4. The number of carbonyl (C=O) groups excluding carboxylic acids is 1. The Labute approximate surface area is 163 Å². The van der Waals surface area contributed by atoms with Crippen molar-refractivity contribution in [3.05, 3.63) is 82.6 Å². The standard InChI is InChI=1S/C21H21ClN4O/c1-14(2)16-5-9-18(10-6-16)25-21-23-12-11-19(26-21)20(27)24-13-15-3-7-17(22)8-4-15/h3-12,14H,13H2,1-2H3,(H,24,27)(H,23,25,26). The first-order valence-electron chi connectivity index (χ1n) is 8.74. The maximum Gasteiger partial charge on any atom is 0.270 e. The molecule has 138 valence electrons. The molecule has 0 fully saturated rings. The van der Waals surface area contributed by atoms with Crippen molar-refractivity contribution >= 4 is 29.1 Å². The van der Waals surface area contributed by atoms with Gasteiger partial charge >= 0.3 is 0 Å². The lowest BCUT2D eigenvalue weighted by Gasteiger charge is -2.09. The summed E-state index contributed by atoms with van der Waals surface area (Å²) in [5.41, 5.74) is 3.40. The third-order valence-electron chi connectivity index (χ3n) is 4.09. The van der Waals surface area contributed by atoms with Crippen LogP contribution < -0.4 is 10.6 Å². The molecule has 0 bridgehead atoms.